The minimum absolute atomic E-state index is 0.742. The van der Waals surface area contributed by atoms with E-state index in [1.165, 1.54) is 64.3 Å². The molecule has 0 aromatic carbocycles. The van der Waals surface area contributed by atoms with Gasteiger partial charge in [-0.2, -0.15) is 0 Å². The van der Waals surface area contributed by atoms with E-state index in [1.807, 2.05) is 0 Å². The first-order valence-electron chi connectivity index (χ1n) is 8.97. The molecule has 3 unspecified atom stereocenters. The van der Waals surface area contributed by atoms with Crippen molar-refractivity contribution >= 4 is 11.3 Å². The smallest absolute Gasteiger partial charge is 0.0302 e. The lowest BCUT2D eigenvalue weighted by Gasteiger charge is -2.36. The highest BCUT2D eigenvalue weighted by Crippen LogP contribution is 2.33. The fraction of sp³-hybridized carbons (Fsp3) is 0.778. The molecule has 0 spiro atoms. The van der Waals surface area contributed by atoms with Crippen LogP contribution >= 0.6 is 11.3 Å². The summed E-state index contributed by atoms with van der Waals surface area (Å²) in [6.45, 7) is 2.34. The molecule has 2 aliphatic carbocycles. The van der Waals surface area contributed by atoms with Crippen LogP contribution in [-0.4, -0.2) is 18.6 Å². The van der Waals surface area contributed by atoms with Gasteiger partial charge in [-0.15, -0.1) is 11.3 Å². The zero-order valence-electron chi connectivity index (χ0n) is 13.0. The van der Waals surface area contributed by atoms with E-state index in [0.717, 1.165) is 24.5 Å². The van der Waals surface area contributed by atoms with Gasteiger partial charge >= 0.3 is 0 Å². The van der Waals surface area contributed by atoms with E-state index in [1.54, 1.807) is 15.3 Å². The van der Waals surface area contributed by atoms with Gasteiger partial charge in [0.2, 0.25) is 0 Å². The molecule has 1 aromatic heterocycles. The molecule has 1 saturated heterocycles. The van der Waals surface area contributed by atoms with Gasteiger partial charge in [-0.3, -0.25) is 0 Å². The Bertz CT molecular complexity index is 454. The van der Waals surface area contributed by atoms with E-state index in [4.69, 9.17) is 0 Å². The molecular formula is C18H28N2S. The van der Waals surface area contributed by atoms with E-state index >= 15 is 0 Å². The first-order chi connectivity index (χ1) is 10.4. The Balaban J connectivity index is 1.37. The molecule has 3 aliphatic rings. The summed E-state index contributed by atoms with van der Waals surface area (Å²) in [7, 11) is 0. The second-order valence-electron chi connectivity index (χ2n) is 7.15. The van der Waals surface area contributed by atoms with Crippen molar-refractivity contribution in [2.45, 2.75) is 76.4 Å². The van der Waals surface area contributed by atoms with Gasteiger partial charge in [-0.05, 0) is 69.0 Å². The standard InChI is InChI=1S/C18H28N2S/c1-2-7-17(15(6-1)16-8-4-10-19-16)20-12-14-11-13-5-3-9-18(13)21-14/h11,15-17,19-20H,1-10,12H2. The second-order valence-corrected chi connectivity index (χ2v) is 8.37. The third kappa shape index (κ3) is 3.06. The van der Waals surface area contributed by atoms with E-state index < -0.39 is 0 Å². The summed E-state index contributed by atoms with van der Waals surface area (Å²) in [5, 5.41) is 7.67. The largest absolute Gasteiger partial charge is 0.314 e. The van der Waals surface area contributed by atoms with Crippen molar-refractivity contribution in [1.82, 2.24) is 10.6 Å². The summed E-state index contributed by atoms with van der Waals surface area (Å²) < 4.78 is 0. The van der Waals surface area contributed by atoms with Gasteiger partial charge < -0.3 is 10.6 Å². The summed E-state index contributed by atoms with van der Waals surface area (Å²) >= 11 is 2.07. The molecule has 2 fully saturated rings. The molecule has 4 rings (SSSR count). The summed E-state index contributed by atoms with van der Waals surface area (Å²) in [6, 6.07) is 4.01. The third-order valence-corrected chi connectivity index (χ3v) is 7.01. The van der Waals surface area contributed by atoms with E-state index in [2.05, 4.69) is 28.0 Å². The van der Waals surface area contributed by atoms with Crippen molar-refractivity contribution in [2.75, 3.05) is 6.54 Å². The molecule has 3 heteroatoms. The average Bonchev–Trinajstić information content (AvgIpc) is 3.22. The van der Waals surface area contributed by atoms with Gasteiger partial charge in [0, 0.05) is 28.4 Å². The average molecular weight is 305 g/mol. The van der Waals surface area contributed by atoms with Crippen LogP contribution in [0.5, 0.6) is 0 Å². The Morgan fingerprint density at radius 1 is 1.10 bits per heavy atom. The topological polar surface area (TPSA) is 24.1 Å². The number of aryl methyl sites for hydroxylation is 2. The van der Waals surface area contributed by atoms with Crippen LogP contribution < -0.4 is 10.6 Å². The third-order valence-electron chi connectivity index (χ3n) is 5.77. The zero-order valence-corrected chi connectivity index (χ0v) is 13.8. The minimum Gasteiger partial charge on any atom is -0.314 e. The number of thiophene rings is 1. The van der Waals surface area contributed by atoms with Crippen LogP contribution in [-0.2, 0) is 19.4 Å². The van der Waals surface area contributed by atoms with Gasteiger partial charge in [0.1, 0.15) is 0 Å². The minimum atomic E-state index is 0.742. The Kier molecular flexibility index (Phi) is 4.33. The quantitative estimate of drug-likeness (QED) is 0.887. The Hall–Kier alpha value is -0.380. The molecule has 1 aromatic rings. The number of rotatable bonds is 4. The lowest BCUT2D eigenvalue weighted by molar-refractivity contribution is 0.214. The molecule has 21 heavy (non-hydrogen) atoms. The number of nitrogens with one attached hydrogen (secondary N) is 2. The summed E-state index contributed by atoms with van der Waals surface area (Å²) in [6.07, 6.45) is 12.5. The molecule has 0 bridgehead atoms. The van der Waals surface area contributed by atoms with Gasteiger partial charge in [-0.1, -0.05) is 12.8 Å². The van der Waals surface area contributed by atoms with Gasteiger partial charge in [0.25, 0.3) is 0 Å². The normalized spacial score (nSPS) is 32.5. The molecule has 2 nitrogen and oxygen atoms in total. The molecule has 116 valence electrons. The van der Waals surface area contributed by atoms with Crippen molar-refractivity contribution < 1.29 is 0 Å². The molecule has 2 heterocycles. The predicted octanol–water partition coefficient (Wildman–Crippen LogP) is 3.64. The van der Waals surface area contributed by atoms with Crippen molar-refractivity contribution in [3.05, 3.63) is 21.4 Å². The maximum absolute atomic E-state index is 3.92. The summed E-state index contributed by atoms with van der Waals surface area (Å²) in [4.78, 5) is 3.24. The molecule has 1 aliphatic heterocycles. The van der Waals surface area contributed by atoms with Gasteiger partial charge in [0.05, 0.1) is 0 Å². The monoisotopic (exact) mass is 304 g/mol. The van der Waals surface area contributed by atoms with Crippen LogP contribution in [0.2, 0.25) is 0 Å². The van der Waals surface area contributed by atoms with Crippen LogP contribution in [0.15, 0.2) is 6.07 Å². The number of hydrogen-bond acceptors (Lipinski definition) is 3. The van der Waals surface area contributed by atoms with Gasteiger partial charge in [0.15, 0.2) is 0 Å². The maximum Gasteiger partial charge on any atom is 0.0302 e. The molecule has 3 atom stereocenters. The highest BCUT2D eigenvalue weighted by atomic mass is 32.1. The highest BCUT2D eigenvalue weighted by Gasteiger charge is 2.33. The molecule has 0 radical (unpaired) electrons. The van der Waals surface area contributed by atoms with Crippen molar-refractivity contribution in [3.8, 4) is 0 Å². The number of fused-ring (bicyclic) bond motifs is 1. The molecule has 1 saturated carbocycles. The van der Waals surface area contributed by atoms with E-state index in [9.17, 15) is 0 Å². The maximum atomic E-state index is 3.92. The van der Waals surface area contributed by atoms with Crippen molar-refractivity contribution in [1.29, 1.82) is 0 Å². The fourth-order valence-electron chi connectivity index (χ4n) is 4.68. The van der Waals surface area contributed by atoms with E-state index in [0.29, 0.717) is 0 Å². The summed E-state index contributed by atoms with van der Waals surface area (Å²) in [5.41, 5.74) is 1.65. The molecular weight excluding hydrogens is 276 g/mol. The Labute approximate surface area is 132 Å². The lowest BCUT2D eigenvalue weighted by atomic mass is 9.79. The molecule has 2 N–H and O–H groups in total. The van der Waals surface area contributed by atoms with Crippen LogP contribution in [0.1, 0.15) is 60.3 Å². The predicted molar refractivity (Wildman–Crippen MR) is 90.0 cm³/mol. The van der Waals surface area contributed by atoms with Crippen LogP contribution in [0.4, 0.5) is 0 Å². The lowest BCUT2D eigenvalue weighted by Crippen LogP contribution is -2.46. The fourth-order valence-corrected chi connectivity index (χ4v) is 5.89. The first kappa shape index (κ1) is 14.2. The Morgan fingerprint density at radius 2 is 2.05 bits per heavy atom. The van der Waals surface area contributed by atoms with Crippen LogP contribution in [0.25, 0.3) is 0 Å². The first-order valence-corrected chi connectivity index (χ1v) is 9.79. The summed E-state index contributed by atoms with van der Waals surface area (Å²) in [5.74, 6) is 0.869. The Morgan fingerprint density at radius 3 is 2.90 bits per heavy atom. The SMILES string of the molecule is c1c(CNC2CCCCC2C2CCCN2)sc2c1CCC2. The highest BCUT2D eigenvalue weighted by molar-refractivity contribution is 7.12. The molecule has 0 amide bonds. The second kappa shape index (κ2) is 6.39. The number of hydrogen-bond donors (Lipinski definition) is 2. The van der Waals surface area contributed by atoms with Crippen LogP contribution in [0, 0.1) is 5.92 Å². The van der Waals surface area contributed by atoms with Crippen molar-refractivity contribution in [2.24, 2.45) is 5.92 Å². The van der Waals surface area contributed by atoms with Gasteiger partial charge in [-0.25, -0.2) is 0 Å². The zero-order chi connectivity index (χ0) is 14.1. The van der Waals surface area contributed by atoms with Crippen molar-refractivity contribution in [3.63, 3.8) is 0 Å². The van der Waals surface area contributed by atoms with E-state index in [-0.39, 0.29) is 0 Å². The van der Waals surface area contributed by atoms with Crippen LogP contribution in [0.3, 0.4) is 0 Å².